The Morgan fingerprint density at radius 3 is 2.82 bits per heavy atom. The van der Waals surface area contributed by atoms with Crippen LogP contribution in [0.1, 0.15) is 12.5 Å². The van der Waals surface area contributed by atoms with E-state index >= 15 is 0 Å². The lowest BCUT2D eigenvalue weighted by molar-refractivity contribution is 0.166. The summed E-state index contributed by atoms with van der Waals surface area (Å²) in [4.78, 5) is 17.4. The van der Waals surface area contributed by atoms with Crippen molar-refractivity contribution >= 4 is 11.8 Å². The topological polar surface area (TPSA) is 83.3 Å². The average molecular weight is 303 g/mol. The normalized spacial score (nSPS) is 12.0. The summed E-state index contributed by atoms with van der Waals surface area (Å²) in [6.07, 6.45) is 6.20. The van der Waals surface area contributed by atoms with Gasteiger partial charge in [0.25, 0.3) is 0 Å². The van der Waals surface area contributed by atoms with E-state index in [-0.39, 0.29) is 18.7 Å². The summed E-state index contributed by atoms with van der Waals surface area (Å²) in [5.74, 6) is 0.497. The molecule has 1 atom stereocenters. The minimum Gasteiger partial charge on any atom is -0.394 e. The van der Waals surface area contributed by atoms with Gasteiger partial charge in [-0.25, -0.2) is 4.79 Å². The second-order valence-electron chi connectivity index (χ2n) is 5.14. The number of aliphatic hydroxyl groups is 1. The number of hydrogen-bond donors (Lipinski definition) is 2. The molecule has 2 aromatic heterocycles. The summed E-state index contributed by atoms with van der Waals surface area (Å²) in [6, 6.07) is 5.16. The van der Waals surface area contributed by atoms with Gasteiger partial charge in [0.05, 0.1) is 12.6 Å². The van der Waals surface area contributed by atoms with E-state index in [1.165, 1.54) is 10.5 Å². The highest BCUT2D eigenvalue weighted by Gasteiger charge is 2.15. The lowest BCUT2D eigenvalue weighted by atomic mass is 10.2. The summed E-state index contributed by atoms with van der Waals surface area (Å²) in [6.45, 7) is 2.42. The minimum absolute atomic E-state index is 0.0791. The number of aliphatic hydroxyl groups excluding tert-OH is 1. The number of anilines is 1. The molecule has 2 heterocycles. The van der Waals surface area contributed by atoms with E-state index in [0.717, 1.165) is 13.0 Å². The predicted octanol–water partition coefficient (Wildman–Crippen LogP) is 1.37. The third-order valence-electron chi connectivity index (χ3n) is 3.50. The number of urea groups is 1. The number of nitrogens with zero attached hydrogens (tertiary/aromatic N) is 4. The zero-order valence-electron chi connectivity index (χ0n) is 12.8. The quantitative estimate of drug-likeness (QED) is 0.844. The molecule has 0 saturated carbocycles. The first-order chi connectivity index (χ1) is 10.6. The molecule has 0 spiro atoms. The lowest BCUT2D eigenvalue weighted by Gasteiger charge is -2.22. The van der Waals surface area contributed by atoms with Crippen molar-refractivity contribution in [3.8, 4) is 0 Å². The third kappa shape index (κ3) is 4.29. The van der Waals surface area contributed by atoms with Crippen molar-refractivity contribution in [1.29, 1.82) is 0 Å². The molecule has 0 radical (unpaired) electrons. The SMILES string of the molecule is CC(CO)N(C)C(=O)Nc1ccn(CCc2ccncc2)n1. The molecule has 1 unspecified atom stereocenters. The van der Waals surface area contributed by atoms with E-state index in [1.54, 1.807) is 37.1 Å². The first kappa shape index (κ1) is 16.0. The van der Waals surface area contributed by atoms with Crippen LogP contribution in [0.15, 0.2) is 36.8 Å². The zero-order valence-corrected chi connectivity index (χ0v) is 12.8. The number of rotatable bonds is 6. The molecule has 0 aromatic carbocycles. The molecule has 0 fully saturated rings. The van der Waals surface area contributed by atoms with E-state index in [0.29, 0.717) is 5.82 Å². The van der Waals surface area contributed by atoms with Crippen molar-refractivity contribution in [2.45, 2.75) is 25.9 Å². The number of likely N-dealkylation sites (N-methyl/N-ethyl adjacent to an activating group) is 1. The van der Waals surface area contributed by atoms with Gasteiger partial charge < -0.3 is 10.0 Å². The van der Waals surface area contributed by atoms with Crippen molar-refractivity contribution in [3.63, 3.8) is 0 Å². The minimum atomic E-state index is -0.291. The highest BCUT2D eigenvalue weighted by molar-refractivity contribution is 5.88. The Hall–Kier alpha value is -2.41. The molecule has 0 saturated heterocycles. The molecule has 0 aliphatic heterocycles. The Bertz CT molecular complexity index is 599. The van der Waals surface area contributed by atoms with Crippen molar-refractivity contribution < 1.29 is 9.90 Å². The molecule has 0 aliphatic rings. The number of hydrogen-bond acceptors (Lipinski definition) is 4. The summed E-state index contributed by atoms with van der Waals surface area (Å²) >= 11 is 0. The van der Waals surface area contributed by atoms with Gasteiger partial charge in [0.2, 0.25) is 0 Å². The smallest absolute Gasteiger partial charge is 0.323 e. The molecule has 2 aromatic rings. The Morgan fingerprint density at radius 1 is 1.41 bits per heavy atom. The predicted molar refractivity (Wildman–Crippen MR) is 83.5 cm³/mol. The van der Waals surface area contributed by atoms with Crippen LogP contribution >= 0.6 is 0 Å². The van der Waals surface area contributed by atoms with E-state index in [9.17, 15) is 4.79 Å². The summed E-state index contributed by atoms with van der Waals surface area (Å²) in [7, 11) is 1.64. The Labute approximate surface area is 129 Å². The average Bonchev–Trinajstić information content (AvgIpc) is 2.99. The van der Waals surface area contributed by atoms with Crippen molar-refractivity contribution in [3.05, 3.63) is 42.4 Å². The highest BCUT2D eigenvalue weighted by atomic mass is 16.3. The fourth-order valence-electron chi connectivity index (χ4n) is 1.87. The first-order valence-corrected chi connectivity index (χ1v) is 7.17. The fraction of sp³-hybridized carbons (Fsp3) is 0.400. The molecular weight excluding hydrogens is 282 g/mol. The number of carbonyl (C=O) groups excluding carboxylic acids is 1. The first-order valence-electron chi connectivity index (χ1n) is 7.17. The second-order valence-corrected chi connectivity index (χ2v) is 5.14. The van der Waals surface area contributed by atoms with Gasteiger partial charge in [-0.2, -0.15) is 5.10 Å². The van der Waals surface area contributed by atoms with Gasteiger partial charge in [0.1, 0.15) is 0 Å². The third-order valence-corrected chi connectivity index (χ3v) is 3.50. The maximum absolute atomic E-state index is 11.9. The van der Waals surface area contributed by atoms with Crippen LogP contribution in [0.25, 0.3) is 0 Å². The highest BCUT2D eigenvalue weighted by Crippen LogP contribution is 2.07. The summed E-state index contributed by atoms with van der Waals surface area (Å²) in [5, 5.41) is 16.1. The largest absolute Gasteiger partial charge is 0.394 e. The standard InChI is InChI=1S/C15H21N5O2/c1-12(11-21)19(2)15(22)17-14-6-10-20(18-14)9-5-13-3-7-16-8-4-13/h3-4,6-8,10,12,21H,5,9,11H2,1-2H3,(H,17,18,22). The monoisotopic (exact) mass is 303 g/mol. The van der Waals surface area contributed by atoms with Gasteiger partial charge in [-0.3, -0.25) is 15.0 Å². The number of carbonyl (C=O) groups is 1. The second kappa shape index (κ2) is 7.56. The molecule has 2 amide bonds. The maximum atomic E-state index is 11.9. The number of pyridine rings is 1. The molecule has 0 aliphatic carbocycles. The Morgan fingerprint density at radius 2 is 2.14 bits per heavy atom. The van der Waals surface area contributed by atoms with Crippen LogP contribution in [0, 0.1) is 0 Å². The zero-order chi connectivity index (χ0) is 15.9. The van der Waals surface area contributed by atoms with E-state index in [1.807, 2.05) is 18.3 Å². The van der Waals surface area contributed by atoms with Gasteiger partial charge in [-0.1, -0.05) is 0 Å². The van der Waals surface area contributed by atoms with Crippen molar-refractivity contribution in [2.24, 2.45) is 0 Å². The summed E-state index contributed by atoms with van der Waals surface area (Å²) < 4.78 is 1.78. The Kier molecular flexibility index (Phi) is 5.48. The van der Waals surface area contributed by atoms with Crippen LogP contribution in [0.2, 0.25) is 0 Å². The van der Waals surface area contributed by atoms with Gasteiger partial charge >= 0.3 is 6.03 Å². The van der Waals surface area contributed by atoms with Crippen molar-refractivity contribution in [2.75, 3.05) is 19.0 Å². The molecule has 0 bridgehead atoms. The molecule has 2 N–H and O–H groups in total. The van der Waals surface area contributed by atoms with Crippen LogP contribution in [0.4, 0.5) is 10.6 Å². The lowest BCUT2D eigenvalue weighted by Crippen LogP contribution is -2.40. The molecule has 7 heteroatoms. The molecule has 7 nitrogen and oxygen atoms in total. The van der Waals surface area contributed by atoms with Crippen LogP contribution < -0.4 is 5.32 Å². The van der Waals surface area contributed by atoms with E-state index in [2.05, 4.69) is 15.4 Å². The molecule has 2 rings (SSSR count). The van der Waals surface area contributed by atoms with Gasteiger partial charge in [-0.15, -0.1) is 0 Å². The van der Waals surface area contributed by atoms with Crippen molar-refractivity contribution in [1.82, 2.24) is 19.7 Å². The molecule has 118 valence electrons. The van der Waals surface area contributed by atoms with Crippen LogP contribution in [-0.4, -0.2) is 50.5 Å². The van der Waals surface area contributed by atoms with E-state index < -0.39 is 0 Å². The Balaban J connectivity index is 1.87. The number of aromatic nitrogens is 3. The number of amides is 2. The van der Waals surface area contributed by atoms with E-state index in [4.69, 9.17) is 5.11 Å². The fourth-order valence-corrected chi connectivity index (χ4v) is 1.87. The number of nitrogens with one attached hydrogen (secondary N) is 1. The van der Waals surface area contributed by atoms with Crippen LogP contribution in [0.3, 0.4) is 0 Å². The van der Waals surface area contributed by atoms with Gasteiger partial charge in [0, 0.05) is 38.2 Å². The van der Waals surface area contributed by atoms with Crippen LogP contribution in [-0.2, 0) is 13.0 Å². The molecule has 22 heavy (non-hydrogen) atoms. The van der Waals surface area contributed by atoms with Gasteiger partial charge in [-0.05, 0) is 31.0 Å². The number of aryl methyl sites for hydroxylation is 2. The molecular formula is C15H21N5O2. The maximum Gasteiger partial charge on any atom is 0.323 e. The van der Waals surface area contributed by atoms with Crippen LogP contribution in [0.5, 0.6) is 0 Å². The summed E-state index contributed by atoms with van der Waals surface area (Å²) in [5.41, 5.74) is 1.19. The van der Waals surface area contributed by atoms with Gasteiger partial charge in [0.15, 0.2) is 5.82 Å².